The lowest BCUT2D eigenvalue weighted by molar-refractivity contribution is 0.0698. The molecule has 0 unspecified atom stereocenters. The molecule has 0 aliphatic carbocycles. The van der Waals surface area contributed by atoms with Gasteiger partial charge in [-0.05, 0) is 37.1 Å². The van der Waals surface area contributed by atoms with Gasteiger partial charge < -0.3 is 14.5 Å². The number of piperidine rings is 1. The molecule has 0 bridgehead atoms. The van der Waals surface area contributed by atoms with Crippen molar-refractivity contribution in [1.82, 2.24) is 24.4 Å². The van der Waals surface area contributed by atoms with Crippen LogP contribution < -0.4 is 0 Å². The molecule has 1 aliphatic heterocycles. The van der Waals surface area contributed by atoms with Crippen LogP contribution in [0.15, 0.2) is 55.1 Å². The number of nitrogens with one attached hydrogen (secondary N) is 1. The topological polar surface area (TPSA) is 66.8 Å². The number of hydrogen-bond donors (Lipinski definition) is 1. The maximum atomic E-state index is 12.6. The molecule has 1 saturated heterocycles. The third-order valence-electron chi connectivity index (χ3n) is 4.71. The Labute approximate surface area is 146 Å². The van der Waals surface area contributed by atoms with E-state index in [1.807, 2.05) is 53.8 Å². The van der Waals surface area contributed by atoms with Gasteiger partial charge in [0.1, 0.15) is 11.5 Å². The van der Waals surface area contributed by atoms with Gasteiger partial charge in [-0.2, -0.15) is 0 Å². The van der Waals surface area contributed by atoms with Crippen molar-refractivity contribution < 1.29 is 4.79 Å². The second-order valence-corrected chi connectivity index (χ2v) is 6.41. The van der Waals surface area contributed by atoms with Crippen molar-refractivity contribution in [3.63, 3.8) is 0 Å². The van der Waals surface area contributed by atoms with E-state index < -0.39 is 0 Å². The van der Waals surface area contributed by atoms with E-state index in [1.165, 1.54) is 0 Å². The van der Waals surface area contributed by atoms with Crippen LogP contribution in [0.2, 0.25) is 0 Å². The molecule has 0 spiro atoms. The van der Waals surface area contributed by atoms with Gasteiger partial charge >= 0.3 is 0 Å². The van der Waals surface area contributed by atoms with Crippen molar-refractivity contribution in [2.45, 2.75) is 25.3 Å². The highest BCUT2D eigenvalue weighted by atomic mass is 16.2. The van der Waals surface area contributed by atoms with Gasteiger partial charge in [0.2, 0.25) is 0 Å². The Morgan fingerprint density at radius 3 is 2.96 bits per heavy atom. The van der Waals surface area contributed by atoms with Crippen molar-refractivity contribution in [3.8, 4) is 0 Å². The number of amides is 1. The predicted molar refractivity (Wildman–Crippen MR) is 94.2 cm³/mol. The van der Waals surface area contributed by atoms with Crippen LogP contribution in [0, 0.1) is 0 Å². The molecule has 1 N–H and O–H groups in total. The Balaban J connectivity index is 1.50. The minimum atomic E-state index is 0.0672. The molecule has 6 heteroatoms. The first kappa shape index (κ1) is 15.6. The summed E-state index contributed by atoms with van der Waals surface area (Å²) in [6, 6.07) is 9.62. The van der Waals surface area contributed by atoms with E-state index in [9.17, 15) is 4.79 Å². The lowest BCUT2D eigenvalue weighted by atomic mass is 9.96. The molecule has 4 rings (SSSR count). The van der Waals surface area contributed by atoms with Crippen LogP contribution in [0.25, 0.3) is 0 Å². The zero-order valence-electron chi connectivity index (χ0n) is 14.0. The second-order valence-electron chi connectivity index (χ2n) is 6.41. The van der Waals surface area contributed by atoms with Crippen LogP contribution in [-0.2, 0) is 6.54 Å². The number of hydrogen-bond acceptors (Lipinski definition) is 3. The Hall–Kier alpha value is -2.89. The number of likely N-dealkylation sites (tertiary alicyclic amines) is 1. The van der Waals surface area contributed by atoms with Crippen molar-refractivity contribution in [2.75, 3.05) is 13.1 Å². The molecule has 1 aliphatic rings. The average Bonchev–Trinajstić information content (AvgIpc) is 3.34. The van der Waals surface area contributed by atoms with Gasteiger partial charge in [0.15, 0.2) is 0 Å². The summed E-state index contributed by atoms with van der Waals surface area (Å²) in [6.07, 6.45) is 9.47. The Kier molecular flexibility index (Phi) is 4.33. The highest BCUT2D eigenvalue weighted by Gasteiger charge is 2.28. The summed E-state index contributed by atoms with van der Waals surface area (Å²) in [7, 11) is 0. The first-order chi connectivity index (χ1) is 12.3. The summed E-state index contributed by atoms with van der Waals surface area (Å²) in [5, 5.41) is 0. The summed E-state index contributed by atoms with van der Waals surface area (Å²) in [4.78, 5) is 26.5. The van der Waals surface area contributed by atoms with Gasteiger partial charge in [0.05, 0.1) is 12.2 Å². The van der Waals surface area contributed by atoms with Gasteiger partial charge in [0.25, 0.3) is 5.91 Å². The molecular weight excluding hydrogens is 314 g/mol. The molecule has 0 radical (unpaired) electrons. The van der Waals surface area contributed by atoms with Crippen molar-refractivity contribution >= 4 is 5.91 Å². The molecule has 3 aromatic heterocycles. The van der Waals surface area contributed by atoms with Gasteiger partial charge in [-0.3, -0.25) is 9.78 Å². The highest BCUT2D eigenvalue weighted by Crippen LogP contribution is 2.27. The SMILES string of the molecule is O=C(c1ccc[nH]1)N1CCC[C@@H](c2nccn2Cc2ccccn2)C1. The molecule has 4 heterocycles. The number of H-pyrrole nitrogens is 1. The first-order valence-corrected chi connectivity index (χ1v) is 8.65. The third kappa shape index (κ3) is 3.33. The summed E-state index contributed by atoms with van der Waals surface area (Å²) in [5.41, 5.74) is 1.66. The van der Waals surface area contributed by atoms with Gasteiger partial charge in [-0.1, -0.05) is 6.07 Å². The normalized spacial score (nSPS) is 17.6. The van der Waals surface area contributed by atoms with E-state index in [2.05, 4.69) is 19.5 Å². The molecule has 0 saturated carbocycles. The molecule has 0 aromatic carbocycles. The fourth-order valence-corrected chi connectivity index (χ4v) is 3.49. The molecule has 128 valence electrons. The van der Waals surface area contributed by atoms with Gasteiger partial charge in [-0.15, -0.1) is 0 Å². The summed E-state index contributed by atoms with van der Waals surface area (Å²) < 4.78 is 2.15. The number of aromatic amines is 1. The highest BCUT2D eigenvalue weighted by molar-refractivity contribution is 5.92. The van der Waals surface area contributed by atoms with Crippen LogP contribution >= 0.6 is 0 Å². The zero-order chi connectivity index (χ0) is 17.1. The molecule has 1 atom stereocenters. The molecule has 1 fully saturated rings. The lowest BCUT2D eigenvalue weighted by Crippen LogP contribution is -2.40. The zero-order valence-corrected chi connectivity index (χ0v) is 14.0. The second kappa shape index (κ2) is 6.93. The standard InChI is InChI=1S/C19H21N5O/c25-19(17-7-3-9-21-17)24-11-4-5-15(13-24)18-22-10-12-23(18)14-16-6-1-2-8-20-16/h1-3,6-10,12,15,21H,4-5,11,13-14H2/t15-/m1/s1. The number of carbonyl (C=O) groups excluding carboxylic acids is 1. The maximum absolute atomic E-state index is 12.6. The smallest absolute Gasteiger partial charge is 0.270 e. The third-order valence-corrected chi connectivity index (χ3v) is 4.71. The van der Waals surface area contributed by atoms with Gasteiger partial charge in [0, 0.05) is 43.8 Å². The lowest BCUT2D eigenvalue weighted by Gasteiger charge is -2.32. The van der Waals surface area contributed by atoms with E-state index in [4.69, 9.17) is 0 Å². The largest absolute Gasteiger partial charge is 0.357 e. The monoisotopic (exact) mass is 335 g/mol. The minimum Gasteiger partial charge on any atom is -0.357 e. The summed E-state index contributed by atoms with van der Waals surface area (Å²) >= 11 is 0. The quantitative estimate of drug-likeness (QED) is 0.797. The molecule has 3 aromatic rings. The summed E-state index contributed by atoms with van der Waals surface area (Å²) in [5.74, 6) is 1.36. The predicted octanol–water partition coefficient (Wildman–Crippen LogP) is 2.67. The average molecular weight is 335 g/mol. The van der Waals surface area contributed by atoms with Crippen LogP contribution in [0.3, 0.4) is 0 Å². The van der Waals surface area contributed by atoms with Crippen molar-refractivity contribution in [1.29, 1.82) is 0 Å². The molecular formula is C19H21N5O. The fourth-order valence-electron chi connectivity index (χ4n) is 3.49. The van der Waals surface area contributed by atoms with E-state index >= 15 is 0 Å². The fraction of sp³-hybridized carbons (Fsp3) is 0.316. The first-order valence-electron chi connectivity index (χ1n) is 8.65. The number of carbonyl (C=O) groups is 1. The van der Waals surface area contributed by atoms with E-state index in [0.717, 1.165) is 30.9 Å². The van der Waals surface area contributed by atoms with E-state index in [-0.39, 0.29) is 11.8 Å². The number of rotatable bonds is 4. The Morgan fingerprint density at radius 2 is 2.16 bits per heavy atom. The molecule has 25 heavy (non-hydrogen) atoms. The van der Waals surface area contributed by atoms with E-state index in [1.54, 1.807) is 6.20 Å². The van der Waals surface area contributed by atoms with Gasteiger partial charge in [-0.25, -0.2) is 4.98 Å². The maximum Gasteiger partial charge on any atom is 0.270 e. The minimum absolute atomic E-state index is 0.0672. The summed E-state index contributed by atoms with van der Waals surface area (Å²) in [6.45, 7) is 2.21. The van der Waals surface area contributed by atoms with Crippen LogP contribution in [0.1, 0.15) is 40.8 Å². The number of imidazole rings is 1. The molecule has 1 amide bonds. The van der Waals surface area contributed by atoms with Crippen LogP contribution in [-0.4, -0.2) is 43.4 Å². The Morgan fingerprint density at radius 1 is 1.20 bits per heavy atom. The number of aromatic nitrogens is 4. The molecule has 6 nitrogen and oxygen atoms in total. The van der Waals surface area contributed by atoms with Crippen LogP contribution in [0.5, 0.6) is 0 Å². The Bertz CT molecular complexity index is 825. The number of pyridine rings is 1. The van der Waals surface area contributed by atoms with Crippen molar-refractivity contribution in [2.24, 2.45) is 0 Å². The van der Waals surface area contributed by atoms with Crippen molar-refractivity contribution in [3.05, 3.63) is 72.3 Å². The number of nitrogens with zero attached hydrogens (tertiary/aromatic N) is 4. The van der Waals surface area contributed by atoms with E-state index in [0.29, 0.717) is 18.8 Å². The van der Waals surface area contributed by atoms with Crippen LogP contribution in [0.4, 0.5) is 0 Å².